The SMILES string of the molecule is CCOCCOC(=O)c1cc(N)cc(C)c1F. The molecule has 0 unspecified atom stereocenters. The smallest absolute Gasteiger partial charge is 0.341 e. The molecule has 1 rings (SSSR count). The number of rotatable bonds is 5. The molecule has 0 bridgehead atoms. The van der Waals surface area contributed by atoms with Gasteiger partial charge in [-0.25, -0.2) is 9.18 Å². The number of hydrogen-bond acceptors (Lipinski definition) is 4. The third-order valence-electron chi connectivity index (χ3n) is 2.16. The number of nitrogens with two attached hydrogens (primary N) is 1. The van der Waals surface area contributed by atoms with E-state index >= 15 is 0 Å². The third-order valence-corrected chi connectivity index (χ3v) is 2.16. The second-order valence-electron chi connectivity index (χ2n) is 3.53. The summed E-state index contributed by atoms with van der Waals surface area (Å²) in [6.45, 7) is 4.32. The van der Waals surface area contributed by atoms with E-state index in [0.29, 0.717) is 24.5 Å². The molecule has 1 aromatic rings. The number of aryl methyl sites for hydroxylation is 1. The molecule has 0 radical (unpaired) electrons. The Hall–Kier alpha value is -1.62. The lowest BCUT2D eigenvalue weighted by Crippen LogP contribution is -2.13. The minimum absolute atomic E-state index is 0.0972. The molecule has 17 heavy (non-hydrogen) atoms. The van der Waals surface area contributed by atoms with E-state index in [1.165, 1.54) is 12.1 Å². The van der Waals surface area contributed by atoms with Crippen molar-refractivity contribution in [2.75, 3.05) is 25.6 Å². The van der Waals surface area contributed by atoms with Crippen molar-refractivity contribution in [1.29, 1.82) is 0 Å². The first-order valence-corrected chi connectivity index (χ1v) is 5.36. The highest BCUT2D eigenvalue weighted by molar-refractivity contribution is 5.91. The number of esters is 1. The molecule has 0 atom stereocenters. The van der Waals surface area contributed by atoms with Gasteiger partial charge in [-0.1, -0.05) is 0 Å². The van der Waals surface area contributed by atoms with Crippen LogP contribution in [0.5, 0.6) is 0 Å². The molecule has 1 aromatic carbocycles. The molecule has 0 heterocycles. The van der Waals surface area contributed by atoms with E-state index in [9.17, 15) is 9.18 Å². The lowest BCUT2D eigenvalue weighted by molar-refractivity contribution is 0.0330. The van der Waals surface area contributed by atoms with Gasteiger partial charge in [0, 0.05) is 12.3 Å². The maximum Gasteiger partial charge on any atom is 0.341 e. The second-order valence-corrected chi connectivity index (χ2v) is 3.53. The van der Waals surface area contributed by atoms with E-state index in [-0.39, 0.29) is 12.2 Å². The minimum atomic E-state index is -0.724. The van der Waals surface area contributed by atoms with E-state index < -0.39 is 11.8 Å². The molecular formula is C12H16FNO3. The Morgan fingerprint density at radius 2 is 2.12 bits per heavy atom. The molecule has 0 spiro atoms. The molecule has 94 valence electrons. The van der Waals surface area contributed by atoms with Crippen LogP contribution in [0.15, 0.2) is 12.1 Å². The summed E-state index contributed by atoms with van der Waals surface area (Å²) in [5.74, 6) is -1.32. The van der Waals surface area contributed by atoms with Crippen LogP contribution in [0.25, 0.3) is 0 Å². The van der Waals surface area contributed by atoms with Gasteiger partial charge in [-0.15, -0.1) is 0 Å². The average Bonchev–Trinajstić information content (AvgIpc) is 2.29. The molecular weight excluding hydrogens is 225 g/mol. The molecule has 0 saturated carbocycles. The van der Waals surface area contributed by atoms with E-state index in [4.69, 9.17) is 15.2 Å². The van der Waals surface area contributed by atoms with Crippen LogP contribution in [0, 0.1) is 12.7 Å². The van der Waals surface area contributed by atoms with Gasteiger partial charge in [-0.2, -0.15) is 0 Å². The van der Waals surface area contributed by atoms with Crippen molar-refractivity contribution in [1.82, 2.24) is 0 Å². The van der Waals surface area contributed by atoms with E-state index in [2.05, 4.69) is 0 Å². The Morgan fingerprint density at radius 1 is 1.41 bits per heavy atom. The molecule has 4 nitrogen and oxygen atoms in total. The number of benzene rings is 1. The highest BCUT2D eigenvalue weighted by atomic mass is 19.1. The molecule has 0 aromatic heterocycles. The van der Waals surface area contributed by atoms with E-state index in [1.54, 1.807) is 6.92 Å². The van der Waals surface area contributed by atoms with Crippen LogP contribution in [-0.4, -0.2) is 25.8 Å². The fourth-order valence-electron chi connectivity index (χ4n) is 1.36. The number of nitrogen functional groups attached to an aromatic ring is 1. The third kappa shape index (κ3) is 3.71. The lowest BCUT2D eigenvalue weighted by atomic mass is 10.1. The highest BCUT2D eigenvalue weighted by Gasteiger charge is 2.15. The predicted molar refractivity (Wildman–Crippen MR) is 62.3 cm³/mol. The quantitative estimate of drug-likeness (QED) is 0.486. The Labute approximate surface area is 99.5 Å². The van der Waals surface area contributed by atoms with Crippen LogP contribution < -0.4 is 5.73 Å². The lowest BCUT2D eigenvalue weighted by Gasteiger charge is -2.08. The summed E-state index contributed by atoms with van der Waals surface area (Å²) in [7, 11) is 0. The van der Waals surface area contributed by atoms with Crippen molar-refractivity contribution < 1.29 is 18.7 Å². The predicted octanol–water partition coefficient (Wildman–Crippen LogP) is 1.91. The van der Waals surface area contributed by atoms with Crippen molar-refractivity contribution >= 4 is 11.7 Å². The summed E-state index contributed by atoms with van der Waals surface area (Å²) in [5, 5.41) is 0. The minimum Gasteiger partial charge on any atom is -0.460 e. The Bertz CT molecular complexity index is 407. The molecule has 2 N–H and O–H groups in total. The van der Waals surface area contributed by atoms with Gasteiger partial charge >= 0.3 is 5.97 Å². The molecule has 0 aliphatic rings. The number of carbonyl (C=O) groups excluding carboxylic acids is 1. The summed E-state index contributed by atoms with van der Waals surface area (Å²) in [6, 6.07) is 2.73. The van der Waals surface area contributed by atoms with Crippen molar-refractivity contribution in [2.45, 2.75) is 13.8 Å². The van der Waals surface area contributed by atoms with Crippen LogP contribution >= 0.6 is 0 Å². The molecule has 5 heteroatoms. The maximum absolute atomic E-state index is 13.6. The number of halogens is 1. The van der Waals surface area contributed by atoms with Gasteiger partial charge in [0.05, 0.1) is 12.2 Å². The van der Waals surface area contributed by atoms with Gasteiger partial charge in [0.25, 0.3) is 0 Å². The first kappa shape index (κ1) is 13.4. The zero-order valence-electron chi connectivity index (χ0n) is 9.96. The number of anilines is 1. The van der Waals surface area contributed by atoms with Gasteiger partial charge in [0.15, 0.2) is 0 Å². The van der Waals surface area contributed by atoms with Gasteiger partial charge in [-0.05, 0) is 31.5 Å². The molecule has 0 fully saturated rings. The first-order chi connectivity index (χ1) is 8.06. The topological polar surface area (TPSA) is 61.5 Å². The number of ether oxygens (including phenoxy) is 2. The molecule has 0 aliphatic heterocycles. The summed E-state index contributed by atoms with van der Waals surface area (Å²) in [4.78, 5) is 11.6. The van der Waals surface area contributed by atoms with Crippen LogP contribution in [0.1, 0.15) is 22.8 Å². The Morgan fingerprint density at radius 3 is 2.76 bits per heavy atom. The second kappa shape index (κ2) is 6.20. The monoisotopic (exact) mass is 241 g/mol. The van der Waals surface area contributed by atoms with Crippen LogP contribution in [0.2, 0.25) is 0 Å². The normalized spacial score (nSPS) is 10.3. The highest BCUT2D eigenvalue weighted by Crippen LogP contribution is 2.17. The molecule has 0 saturated heterocycles. The molecule has 0 amide bonds. The van der Waals surface area contributed by atoms with Crippen molar-refractivity contribution in [3.8, 4) is 0 Å². The van der Waals surface area contributed by atoms with Crippen molar-refractivity contribution in [3.05, 3.63) is 29.1 Å². The number of carbonyl (C=O) groups is 1. The fraction of sp³-hybridized carbons (Fsp3) is 0.417. The van der Waals surface area contributed by atoms with Crippen molar-refractivity contribution in [3.63, 3.8) is 0 Å². The summed E-state index contributed by atoms with van der Waals surface area (Å²) in [6.07, 6.45) is 0. The largest absolute Gasteiger partial charge is 0.460 e. The summed E-state index contributed by atoms with van der Waals surface area (Å²) >= 11 is 0. The van der Waals surface area contributed by atoms with Gasteiger partial charge in [0.2, 0.25) is 0 Å². The Kier molecular flexibility index (Phi) is 4.90. The van der Waals surface area contributed by atoms with Gasteiger partial charge in [-0.3, -0.25) is 0 Å². The number of hydrogen-bond donors (Lipinski definition) is 1. The standard InChI is InChI=1S/C12H16FNO3/c1-3-16-4-5-17-12(15)10-7-9(14)6-8(2)11(10)13/h6-7H,3-5,14H2,1-2H3. The van der Waals surface area contributed by atoms with Crippen LogP contribution in [0.4, 0.5) is 10.1 Å². The fourth-order valence-corrected chi connectivity index (χ4v) is 1.36. The summed E-state index contributed by atoms with van der Waals surface area (Å²) < 4.78 is 23.5. The van der Waals surface area contributed by atoms with E-state index in [0.717, 1.165) is 0 Å². The van der Waals surface area contributed by atoms with Gasteiger partial charge in [0.1, 0.15) is 12.4 Å². The van der Waals surface area contributed by atoms with E-state index in [1.807, 2.05) is 6.92 Å². The first-order valence-electron chi connectivity index (χ1n) is 5.36. The molecule has 0 aliphatic carbocycles. The van der Waals surface area contributed by atoms with Gasteiger partial charge < -0.3 is 15.2 Å². The average molecular weight is 241 g/mol. The zero-order chi connectivity index (χ0) is 12.8. The van der Waals surface area contributed by atoms with Crippen LogP contribution in [-0.2, 0) is 9.47 Å². The maximum atomic E-state index is 13.6. The van der Waals surface area contributed by atoms with Crippen LogP contribution in [0.3, 0.4) is 0 Å². The Balaban J connectivity index is 2.69. The van der Waals surface area contributed by atoms with Crippen molar-refractivity contribution in [2.24, 2.45) is 0 Å². The zero-order valence-corrected chi connectivity index (χ0v) is 9.96. The summed E-state index contributed by atoms with van der Waals surface area (Å²) in [5.41, 5.74) is 6.06.